The predicted octanol–water partition coefficient (Wildman–Crippen LogP) is 5.67. The number of hydrogen-bond donors (Lipinski definition) is 0. The molecule has 0 aliphatic rings. The summed E-state index contributed by atoms with van der Waals surface area (Å²) in [6.45, 7) is 2.39. The van der Waals surface area contributed by atoms with Gasteiger partial charge in [0.15, 0.2) is 5.13 Å². The van der Waals surface area contributed by atoms with Crippen molar-refractivity contribution in [1.29, 1.82) is 0 Å². The molecular formula is C23H22N2O3S2. The number of thiazole rings is 1. The number of aromatic nitrogens is 1. The Morgan fingerprint density at radius 1 is 1.17 bits per heavy atom. The van der Waals surface area contributed by atoms with E-state index >= 15 is 0 Å². The number of thioether (sulfide) groups is 1. The standard InChI is InChI=1S/C23H22N2O3S2/c1-16-10-11-19(27-2)21-22(16)30-23(24-21)25(13-18-9-6-12-28-18)20(26)15-29-14-17-7-4-3-5-8-17/h3-12H,13-15H2,1-2H3. The molecule has 7 heteroatoms. The Morgan fingerprint density at radius 2 is 2.00 bits per heavy atom. The van der Waals surface area contributed by atoms with Crippen LogP contribution in [0.15, 0.2) is 65.3 Å². The fourth-order valence-corrected chi connectivity index (χ4v) is 5.04. The normalized spacial score (nSPS) is 11.0. The number of fused-ring (bicyclic) bond motifs is 1. The molecule has 0 spiro atoms. The van der Waals surface area contributed by atoms with Gasteiger partial charge in [0.1, 0.15) is 17.0 Å². The number of benzene rings is 2. The van der Waals surface area contributed by atoms with Gasteiger partial charge in [0.05, 0.1) is 30.4 Å². The monoisotopic (exact) mass is 438 g/mol. The molecule has 0 radical (unpaired) electrons. The summed E-state index contributed by atoms with van der Waals surface area (Å²) in [6.07, 6.45) is 1.62. The number of nitrogens with zero attached hydrogens (tertiary/aromatic N) is 2. The number of carbonyl (C=O) groups is 1. The molecule has 0 fully saturated rings. The highest BCUT2D eigenvalue weighted by atomic mass is 32.2. The van der Waals surface area contributed by atoms with Gasteiger partial charge in [-0.2, -0.15) is 0 Å². The first-order valence-corrected chi connectivity index (χ1v) is 11.5. The van der Waals surface area contributed by atoms with Gasteiger partial charge < -0.3 is 9.15 Å². The van der Waals surface area contributed by atoms with Gasteiger partial charge in [0, 0.05) is 5.75 Å². The van der Waals surface area contributed by atoms with Crippen molar-refractivity contribution < 1.29 is 13.9 Å². The number of hydrogen-bond acceptors (Lipinski definition) is 6. The average Bonchev–Trinajstić information content (AvgIpc) is 3.43. The number of ether oxygens (including phenoxy) is 1. The van der Waals surface area contributed by atoms with Crippen LogP contribution < -0.4 is 9.64 Å². The summed E-state index contributed by atoms with van der Waals surface area (Å²) in [4.78, 5) is 19.6. The van der Waals surface area contributed by atoms with Gasteiger partial charge >= 0.3 is 0 Å². The summed E-state index contributed by atoms with van der Waals surface area (Å²) < 4.78 is 12.0. The van der Waals surface area contributed by atoms with Gasteiger partial charge in [-0.25, -0.2) is 4.98 Å². The molecule has 0 saturated heterocycles. The second-order valence-corrected chi connectivity index (χ2v) is 8.76. The molecule has 30 heavy (non-hydrogen) atoms. The Morgan fingerprint density at radius 3 is 2.73 bits per heavy atom. The lowest BCUT2D eigenvalue weighted by atomic mass is 10.2. The van der Waals surface area contributed by atoms with Crippen molar-refractivity contribution in [2.24, 2.45) is 0 Å². The number of rotatable bonds is 8. The van der Waals surface area contributed by atoms with Crippen LogP contribution in [0.1, 0.15) is 16.9 Å². The van der Waals surface area contributed by atoms with Crippen LogP contribution in [0.25, 0.3) is 10.2 Å². The molecule has 0 saturated carbocycles. The number of anilines is 1. The molecule has 154 valence electrons. The van der Waals surface area contributed by atoms with Crippen LogP contribution in [0.3, 0.4) is 0 Å². The molecule has 0 bridgehead atoms. The van der Waals surface area contributed by atoms with E-state index in [4.69, 9.17) is 14.1 Å². The molecule has 0 N–H and O–H groups in total. The fraction of sp³-hybridized carbons (Fsp3) is 0.217. The van der Waals surface area contributed by atoms with Gasteiger partial charge in [-0.1, -0.05) is 47.7 Å². The van der Waals surface area contributed by atoms with E-state index in [0.29, 0.717) is 23.2 Å². The summed E-state index contributed by atoms with van der Waals surface area (Å²) in [6, 6.07) is 17.8. The summed E-state index contributed by atoms with van der Waals surface area (Å²) in [5, 5.41) is 0.652. The fourth-order valence-electron chi connectivity index (χ4n) is 3.11. The van der Waals surface area contributed by atoms with Crippen molar-refractivity contribution in [3.8, 4) is 5.75 Å². The van der Waals surface area contributed by atoms with Crippen molar-refractivity contribution in [3.05, 3.63) is 77.7 Å². The minimum atomic E-state index is 0.00278. The minimum absolute atomic E-state index is 0.00278. The van der Waals surface area contributed by atoms with E-state index in [1.54, 1.807) is 30.0 Å². The van der Waals surface area contributed by atoms with E-state index in [9.17, 15) is 4.79 Å². The highest BCUT2D eigenvalue weighted by Crippen LogP contribution is 2.37. The van der Waals surface area contributed by atoms with E-state index in [1.807, 2.05) is 49.4 Å². The quantitative estimate of drug-likeness (QED) is 0.355. The number of aryl methyl sites for hydroxylation is 1. The first-order chi connectivity index (χ1) is 14.7. The molecule has 2 aromatic heterocycles. The van der Waals surface area contributed by atoms with Gasteiger partial charge in [-0.3, -0.25) is 9.69 Å². The second-order valence-electron chi connectivity index (χ2n) is 6.80. The zero-order chi connectivity index (χ0) is 20.9. The summed E-state index contributed by atoms with van der Waals surface area (Å²) in [7, 11) is 1.63. The largest absolute Gasteiger partial charge is 0.494 e. The van der Waals surface area contributed by atoms with Crippen LogP contribution in [-0.2, 0) is 17.1 Å². The third kappa shape index (κ3) is 4.52. The van der Waals surface area contributed by atoms with E-state index in [0.717, 1.165) is 27.3 Å². The maximum atomic E-state index is 13.2. The summed E-state index contributed by atoms with van der Waals surface area (Å²) >= 11 is 3.10. The molecular weight excluding hydrogens is 416 g/mol. The summed E-state index contributed by atoms with van der Waals surface area (Å²) in [5.41, 5.74) is 3.10. The Bertz CT molecular complexity index is 1120. The van der Waals surface area contributed by atoms with Gasteiger partial charge in [-0.15, -0.1) is 11.8 Å². The highest BCUT2D eigenvalue weighted by molar-refractivity contribution is 7.99. The maximum absolute atomic E-state index is 13.2. The third-order valence-corrected chi connectivity index (χ3v) is 6.88. The molecule has 0 unspecified atom stereocenters. The first-order valence-electron chi connectivity index (χ1n) is 9.54. The van der Waals surface area contributed by atoms with Crippen LogP contribution >= 0.6 is 23.1 Å². The number of furan rings is 1. The number of amides is 1. The van der Waals surface area contributed by atoms with Crippen LogP contribution in [0.2, 0.25) is 0 Å². The van der Waals surface area contributed by atoms with Crippen LogP contribution in [-0.4, -0.2) is 23.8 Å². The Kier molecular flexibility index (Phi) is 6.40. The molecule has 0 atom stereocenters. The molecule has 4 rings (SSSR count). The zero-order valence-electron chi connectivity index (χ0n) is 16.8. The molecule has 1 amide bonds. The van der Waals surface area contributed by atoms with E-state index in [2.05, 4.69) is 12.1 Å². The van der Waals surface area contributed by atoms with Crippen molar-refractivity contribution in [1.82, 2.24) is 4.98 Å². The lowest BCUT2D eigenvalue weighted by Crippen LogP contribution is -2.31. The van der Waals surface area contributed by atoms with Crippen molar-refractivity contribution in [2.75, 3.05) is 17.8 Å². The molecule has 4 aromatic rings. The number of carbonyl (C=O) groups excluding carboxylic acids is 1. The van der Waals surface area contributed by atoms with Crippen molar-refractivity contribution >= 4 is 44.4 Å². The molecule has 5 nitrogen and oxygen atoms in total. The summed E-state index contributed by atoms with van der Waals surface area (Å²) in [5.74, 6) is 2.58. The molecule has 0 aliphatic carbocycles. The Balaban J connectivity index is 1.59. The van der Waals surface area contributed by atoms with Crippen LogP contribution in [0.4, 0.5) is 5.13 Å². The average molecular weight is 439 g/mol. The highest BCUT2D eigenvalue weighted by Gasteiger charge is 2.23. The van der Waals surface area contributed by atoms with E-state index in [1.165, 1.54) is 16.9 Å². The van der Waals surface area contributed by atoms with Crippen molar-refractivity contribution in [2.45, 2.75) is 19.2 Å². The van der Waals surface area contributed by atoms with Gasteiger partial charge in [0.25, 0.3) is 0 Å². The topological polar surface area (TPSA) is 55.6 Å². The van der Waals surface area contributed by atoms with Crippen molar-refractivity contribution in [3.63, 3.8) is 0 Å². The Hall–Kier alpha value is -2.77. The molecule has 0 aliphatic heterocycles. The SMILES string of the molecule is COc1ccc(C)c2sc(N(Cc3ccco3)C(=O)CSCc3ccccc3)nc12. The smallest absolute Gasteiger partial charge is 0.239 e. The van der Waals surface area contributed by atoms with E-state index < -0.39 is 0 Å². The Labute approximate surface area is 183 Å². The minimum Gasteiger partial charge on any atom is -0.494 e. The van der Waals surface area contributed by atoms with E-state index in [-0.39, 0.29) is 5.91 Å². The van der Waals surface area contributed by atoms with Crippen LogP contribution in [0.5, 0.6) is 5.75 Å². The molecule has 2 aromatic carbocycles. The van der Waals surface area contributed by atoms with Gasteiger partial charge in [-0.05, 0) is 36.2 Å². The number of methoxy groups -OCH3 is 1. The van der Waals surface area contributed by atoms with Crippen LogP contribution in [0, 0.1) is 6.92 Å². The third-order valence-electron chi connectivity index (χ3n) is 4.68. The van der Waals surface area contributed by atoms with Gasteiger partial charge in [0.2, 0.25) is 5.91 Å². The lowest BCUT2D eigenvalue weighted by molar-refractivity contribution is -0.116. The predicted molar refractivity (Wildman–Crippen MR) is 123 cm³/mol. The zero-order valence-corrected chi connectivity index (χ0v) is 18.5. The first kappa shape index (κ1) is 20.5. The second kappa shape index (κ2) is 9.36. The lowest BCUT2D eigenvalue weighted by Gasteiger charge is -2.18. The maximum Gasteiger partial charge on any atom is 0.239 e. The molecule has 2 heterocycles.